The Morgan fingerprint density at radius 1 is 1.21 bits per heavy atom. The monoisotopic (exact) mass is 277 g/mol. The first-order valence-corrected chi connectivity index (χ1v) is 5.24. The van der Waals surface area contributed by atoms with E-state index in [2.05, 4.69) is 21.1 Å². The second-order valence-corrected chi connectivity index (χ2v) is 3.39. The summed E-state index contributed by atoms with van der Waals surface area (Å²) in [6.45, 7) is -0.213. The molecule has 108 valence electrons. The molecule has 6 N–H and O–H groups in total. The molecule has 0 rings (SSSR count). The van der Waals surface area contributed by atoms with Crippen LogP contribution in [0.2, 0.25) is 0 Å². The van der Waals surface area contributed by atoms with Crippen molar-refractivity contribution in [1.29, 1.82) is 0 Å². The van der Waals surface area contributed by atoms with Crippen LogP contribution >= 0.6 is 0 Å². The zero-order chi connectivity index (χ0) is 14.8. The number of carboxylic acids is 2. The van der Waals surface area contributed by atoms with Gasteiger partial charge in [0.2, 0.25) is 0 Å². The van der Waals surface area contributed by atoms with Crippen molar-refractivity contribution in [2.75, 3.05) is 13.2 Å². The molecule has 0 aliphatic heterocycles. The third-order valence-electron chi connectivity index (χ3n) is 1.88. The number of ether oxygens (including phenoxy) is 1. The standard InChI is InChI=1S/C9H15N3O7/c10-8(17)19-4-3-11-9(18)12-5(7(15)16)1-2-6(13)14/h5H,1-4H2,(H2,10,17)(H,13,14)(H,15,16)(H2,11,12,18). The molecule has 10 heteroatoms. The average Bonchev–Trinajstić information content (AvgIpc) is 2.29. The van der Waals surface area contributed by atoms with Crippen LogP contribution in [-0.4, -0.2) is 53.5 Å². The third-order valence-corrected chi connectivity index (χ3v) is 1.88. The molecule has 0 radical (unpaired) electrons. The van der Waals surface area contributed by atoms with E-state index in [0.29, 0.717) is 0 Å². The molecule has 0 saturated heterocycles. The van der Waals surface area contributed by atoms with Crippen molar-refractivity contribution in [3.63, 3.8) is 0 Å². The molecule has 0 saturated carbocycles. The second kappa shape index (κ2) is 8.55. The maximum atomic E-state index is 11.2. The molecule has 1 unspecified atom stereocenters. The van der Waals surface area contributed by atoms with Gasteiger partial charge in [-0.25, -0.2) is 14.4 Å². The van der Waals surface area contributed by atoms with E-state index in [0.717, 1.165) is 0 Å². The number of aliphatic carboxylic acids is 2. The lowest BCUT2D eigenvalue weighted by atomic mass is 10.1. The number of carbonyl (C=O) groups is 4. The Hall–Kier alpha value is -2.52. The maximum absolute atomic E-state index is 11.2. The lowest BCUT2D eigenvalue weighted by Gasteiger charge is -2.14. The average molecular weight is 277 g/mol. The Labute approximate surface area is 107 Å². The fraction of sp³-hybridized carbons (Fsp3) is 0.556. The van der Waals surface area contributed by atoms with E-state index >= 15 is 0 Å². The van der Waals surface area contributed by atoms with E-state index in [9.17, 15) is 19.2 Å². The van der Waals surface area contributed by atoms with Gasteiger partial charge in [0.1, 0.15) is 12.6 Å². The third kappa shape index (κ3) is 9.21. The number of urea groups is 1. The first-order valence-electron chi connectivity index (χ1n) is 5.24. The Morgan fingerprint density at radius 2 is 1.84 bits per heavy atom. The minimum absolute atomic E-state index is 0.0555. The summed E-state index contributed by atoms with van der Waals surface area (Å²) in [6.07, 6.45) is -1.62. The molecular formula is C9H15N3O7. The Bertz CT molecular complexity index is 358. The van der Waals surface area contributed by atoms with Gasteiger partial charge >= 0.3 is 24.1 Å². The van der Waals surface area contributed by atoms with Gasteiger partial charge in [0.15, 0.2) is 0 Å². The van der Waals surface area contributed by atoms with Crippen molar-refractivity contribution in [1.82, 2.24) is 10.6 Å². The van der Waals surface area contributed by atoms with E-state index in [4.69, 9.17) is 10.2 Å². The van der Waals surface area contributed by atoms with Crippen molar-refractivity contribution in [2.45, 2.75) is 18.9 Å². The molecule has 0 bridgehead atoms. The van der Waals surface area contributed by atoms with Crippen molar-refractivity contribution >= 4 is 24.1 Å². The fourth-order valence-electron chi connectivity index (χ4n) is 1.05. The van der Waals surface area contributed by atoms with Crippen LogP contribution in [0.5, 0.6) is 0 Å². The summed E-state index contributed by atoms with van der Waals surface area (Å²) in [5.41, 5.74) is 4.67. The molecule has 0 heterocycles. The van der Waals surface area contributed by atoms with E-state index in [-0.39, 0.29) is 26.0 Å². The Balaban J connectivity index is 3.99. The van der Waals surface area contributed by atoms with Gasteiger partial charge < -0.3 is 31.3 Å². The number of amides is 3. The zero-order valence-corrected chi connectivity index (χ0v) is 9.92. The summed E-state index contributed by atoms with van der Waals surface area (Å²) in [6, 6.07) is -2.13. The molecule has 3 amide bonds. The molecule has 0 fully saturated rings. The fourth-order valence-corrected chi connectivity index (χ4v) is 1.05. The van der Waals surface area contributed by atoms with Gasteiger partial charge in [0.05, 0.1) is 6.54 Å². The summed E-state index contributed by atoms with van der Waals surface area (Å²) in [4.78, 5) is 42.5. The van der Waals surface area contributed by atoms with E-state index in [1.807, 2.05) is 0 Å². The van der Waals surface area contributed by atoms with Gasteiger partial charge in [-0.05, 0) is 6.42 Å². The highest BCUT2D eigenvalue weighted by Gasteiger charge is 2.20. The number of carboxylic acid groups (broad SMARTS) is 2. The molecule has 0 spiro atoms. The van der Waals surface area contributed by atoms with Crippen LogP contribution in [0.4, 0.5) is 9.59 Å². The first kappa shape index (κ1) is 16.5. The van der Waals surface area contributed by atoms with Gasteiger partial charge in [-0.3, -0.25) is 4.79 Å². The highest BCUT2D eigenvalue weighted by Crippen LogP contribution is 1.97. The normalized spacial score (nSPS) is 11.2. The molecule has 0 aromatic carbocycles. The highest BCUT2D eigenvalue weighted by atomic mass is 16.5. The summed E-state index contributed by atoms with van der Waals surface area (Å²) >= 11 is 0. The van der Waals surface area contributed by atoms with Gasteiger partial charge in [-0.2, -0.15) is 0 Å². The minimum atomic E-state index is -1.34. The molecule has 0 aliphatic carbocycles. The lowest BCUT2D eigenvalue weighted by Crippen LogP contribution is -2.47. The van der Waals surface area contributed by atoms with Crippen LogP contribution in [0.15, 0.2) is 0 Å². The second-order valence-electron chi connectivity index (χ2n) is 3.39. The summed E-state index contributed by atoms with van der Waals surface area (Å²) in [5, 5.41) is 21.5. The van der Waals surface area contributed by atoms with Gasteiger partial charge in [0, 0.05) is 6.42 Å². The molecule has 1 atom stereocenters. The van der Waals surface area contributed by atoms with Crippen LogP contribution < -0.4 is 16.4 Å². The number of hydrogen-bond donors (Lipinski definition) is 5. The largest absolute Gasteiger partial charge is 0.481 e. The lowest BCUT2D eigenvalue weighted by molar-refractivity contribution is -0.140. The predicted molar refractivity (Wildman–Crippen MR) is 60.4 cm³/mol. The van der Waals surface area contributed by atoms with Crippen molar-refractivity contribution in [3.05, 3.63) is 0 Å². The highest BCUT2D eigenvalue weighted by molar-refractivity contribution is 5.83. The van der Waals surface area contributed by atoms with Gasteiger partial charge in [-0.1, -0.05) is 0 Å². The molecule has 10 nitrogen and oxygen atoms in total. The summed E-state index contributed by atoms with van der Waals surface area (Å²) < 4.78 is 4.33. The van der Waals surface area contributed by atoms with Crippen molar-refractivity contribution in [3.8, 4) is 0 Å². The van der Waals surface area contributed by atoms with Crippen LogP contribution in [0.3, 0.4) is 0 Å². The summed E-state index contributed by atoms with van der Waals surface area (Å²) in [5.74, 6) is -2.51. The number of primary amides is 1. The number of rotatable bonds is 8. The van der Waals surface area contributed by atoms with E-state index in [1.165, 1.54) is 0 Å². The molecule has 0 aromatic rings. The maximum Gasteiger partial charge on any atom is 0.404 e. The van der Waals surface area contributed by atoms with Crippen LogP contribution in [-0.2, 0) is 14.3 Å². The van der Waals surface area contributed by atoms with Crippen molar-refractivity contribution in [2.24, 2.45) is 5.73 Å². The minimum Gasteiger partial charge on any atom is -0.481 e. The first-order chi connectivity index (χ1) is 8.82. The molecule has 19 heavy (non-hydrogen) atoms. The SMILES string of the molecule is NC(=O)OCCNC(=O)NC(CCC(=O)O)C(=O)O. The molecular weight excluding hydrogens is 262 g/mol. The van der Waals surface area contributed by atoms with Gasteiger partial charge in [-0.15, -0.1) is 0 Å². The van der Waals surface area contributed by atoms with E-state index < -0.39 is 30.1 Å². The van der Waals surface area contributed by atoms with E-state index in [1.54, 1.807) is 0 Å². The van der Waals surface area contributed by atoms with Crippen molar-refractivity contribution < 1.29 is 34.1 Å². The number of carbonyl (C=O) groups excluding carboxylic acids is 2. The number of hydrogen-bond acceptors (Lipinski definition) is 5. The topological polar surface area (TPSA) is 168 Å². The Morgan fingerprint density at radius 3 is 2.32 bits per heavy atom. The predicted octanol–water partition coefficient (Wildman–Crippen LogP) is -1.30. The number of nitrogens with two attached hydrogens (primary N) is 1. The van der Waals surface area contributed by atoms with Crippen LogP contribution in [0.25, 0.3) is 0 Å². The zero-order valence-electron chi connectivity index (χ0n) is 9.92. The molecule has 0 aliphatic rings. The smallest absolute Gasteiger partial charge is 0.404 e. The Kier molecular flexibility index (Phi) is 7.42. The molecule has 0 aromatic heterocycles. The van der Waals surface area contributed by atoms with Gasteiger partial charge in [0.25, 0.3) is 0 Å². The number of nitrogens with one attached hydrogen (secondary N) is 2. The summed E-state index contributed by atoms with van der Waals surface area (Å²) in [7, 11) is 0. The quantitative estimate of drug-likeness (QED) is 0.343. The van der Waals surface area contributed by atoms with Crippen LogP contribution in [0, 0.1) is 0 Å². The van der Waals surface area contributed by atoms with Crippen LogP contribution in [0.1, 0.15) is 12.8 Å².